The SMILES string of the molecule is Cc1nn(CC(C)C)c(C)c1CC(=O)Nc1ccccc1Sc1nncs1. The summed E-state index contributed by atoms with van der Waals surface area (Å²) in [4.78, 5) is 13.6. The van der Waals surface area contributed by atoms with Crippen molar-refractivity contribution in [3.8, 4) is 0 Å². The first-order valence-electron chi connectivity index (χ1n) is 8.79. The maximum atomic E-state index is 12.7. The Morgan fingerprint density at radius 2 is 2.07 bits per heavy atom. The molecule has 0 aliphatic carbocycles. The monoisotopic (exact) mass is 401 g/mol. The molecule has 0 saturated carbocycles. The first-order valence-corrected chi connectivity index (χ1v) is 10.5. The first kappa shape index (κ1) is 19.6. The number of carbonyl (C=O) groups excluding carboxylic acids is 1. The number of hydrogen-bond donors (Lipinski definition) is 1. The van der Waals surface area contributed by atoms with Crippen molar-refractivity contribution in [2.24, 2.45) is 5.92 Å². The Labute approximate surface area is 167 Å². The number of nitrogens with zero attached hydrogens (tertiary/aromatic N) is 4. The molecule has 0 unspecified atom stereocenters. The first-order chi connectivity index (χ1) is 12.9. The Morgan fingerprint density at radius 1 is 1.30 bits per heavy atom. The fourth-order valence-electron chi connectivity index (χ4n) is 2.83. The summed E-state index contributed by atoms with van der Waals surface area (Å²) < 4.78 is 2.85. The normalized spacial score (nSPS) is 11.1. The quantitative estimate of drug-likeness (QED) is 0.637. The van der Waals surface area contributed by atoms with Crippen LogP contribution in [0, 0.1) is 19.8 Å². The van der Waals surface area contributed by atoms with Gasteiger partial charge in [-0.25, -0.2) is 0 Å². The minimum absolute atomic E-state index is 0.0457. The van der Waals surface area contributed by atoms with Crippen LogP contribution >= 0.6 is 23.1 Å². The molecule has 6 nitrogen and oxygen atoms in total. The lowest BCUT2D eigenvalue weighted by Crippen LogP contribution is -2.16. The van der Waals surface area contributed by atoms with Gasteiger partial charge in [0, 0.05) is 22.7 Å². The molecule has 2 heterocycles. The topological polar surface area (TPSA) is 72.7 Å². The minimum atomic E-state index is -0.0457. The van der Waals surface area contributed by atoms with Crippen LogP contribution in [0.15, 0.2) is 39.0 Å². The van der Waals surface area contributed by atoms with Crippen molar-refractivity contribution in [3.05, 3.63) is 46.7 Å². The largest absolute Gasteiger partial charge is 0.325 e. The van der Waals surface area contributed by atoms with Crippen molar-refractivity contribution in [2.45, 2.75) is 49.9 Å². The molecule has 1 N–H and O–H groups in total. The molecule has 0 spiro atoms. The predicted octanol–water partition coefficient (Wildman–Crippen LogP) is 4.34. The molecule has 0 saturated heterocycles. The molecule has 0 radical (unpaired) electrons. The van der Waals surface area contributed by atoms with E-state index in [-0.39, 0.29) is 5.91 Å². The van der Waals surface area contributed by atoms with E-state index in [2.05, 4.69) is 34.5 Å². The number of rotatable bonds is 7. The van der Waals surface area contributed by atoms with Crippen LogP contribution in [0.1, 0.15) is 30.8 Å². The van der Waals surface area contributed by atoms with Crippen molar-refractivity contribution in [2.75, 3.05) is 5.32 Å². The number of para-hydroxylation sites is 1. The molecule has 0 atom stereocenters. The zero-order valence-electron chi connectivity index (χ0n) is 15.9. The zero-order chi connectivity index (χ0) is 19.4. The van der Waals surface area contributed by atoms with Gasteiger partial charge in [-0.05, 0) is 31.9 Å². The number of nitrogens with one attached hydrogen (secondary N) is 1. The highest BCUT2D eigenvalue weighted by Gasteiger charge is 2.17. The average molecular weight is 402 g/mol. The summed E-state index contributed by atoms with van der Waals surface area (Å²) in [5, 5.41) is 15.5. The third-order valence-electron chi connectivity index (χ3n) is 4.11. The lowest BCUT2D eigenvalue weighted by Gasteiger charge is -2.10. The molecule has 3 aromatic rings. The van der Waals surface area contributed by atoms with Gasteiger partial charge in [0.25, 0.3) is 0 Å². The highest BCUT2D eigenvalue weighted by Crippen LogP contribution is 2.34. The summed E-state index contributed by atoms with van der Waals surface area (Å²) in [6, 6.07) is 7.74. The van der Waals surface area contributed by atoms with Gasteiger partial charge in [0.15, 0.2) is 4.34 Å². The molecular weight excluding hydrogens is 378 g/mol. The van der Waals surface area contributed by atoms with Gasteiger partial charge in [-0.1, -0.05) is 49.1 Å². The standard InChI is InChI=1S/C19H23N5OS2/c1-12(2)10-24-14(4)15(13(3)23-24)9-18(25)21-16-7-5-6-8-17(16)27-19-22-20-11-26-19/h5-8,11-12H,9-10H2,1-4H3,(H,21,25). The zero-order valence-corrected chi connectivity index (χ0v) is 17.5. The van der Waals surface area contributed by atoms with Gasteiger partial charge in [-0.3, -0.25) is 9.48 Å². The Balaban J connectivity index is 1.73. The third kappa shape index (κ3) is 4.95. The molecule has 8 heteroatoms. The highest BCUT2D eigenvalue weighted by molar-refractivity contribution is 8.01. The number of amides is 1. The van der Waals surface area contributed by atoms with Crippen LogP contribution in [0.4, 0.5) is 5.69 Å². The fourth-order valence-corrected chi connectivity index (χ4v) is 4.35. The van der Waals surface area contributed by atoms with Gasteiger partial charge in [-0.15, -0.1) is 10.2 Å². The lowest BCUT2D eigenvalue weighted by atomic mass is 10.1. The van der Waals surface area contributed by atoms with E-state index in [1.54, 1.807) is 5.51 Å². The van der Waals surface area contributed by atoms with Crippen molar-refractivity contribution in [1.82, 2.24) is 20.0 Å². The summed E-state index contributed by atoms with van der Waals surface area (Å²) in [6.45, 7) is 9.18. The molecule has 0 aliphatic heterocycles. The summed E-state index contributed by atoms with van der Waals surface area (Å²) in [7, 11) is 0. The molecule has 1 aromatic carbocycles. The lowest BCUT2D eigenvalue weighted by molar-refractivity contribution is -0.115. The van der Waals surface area contributed by atoms with Gasteiger partial charge in [-0.2, -0.15) is 5.10 Å². The van der Waals surface area contributed by atoms with E-state index in [0.29, 0.717) is 12.3 Å². The summed E-state index contributed by atoms with van der Waals surface area (Å²) >= 11 is 2.98. The number of aryl methyl sites for hydroxylation is 1. The van der Waals surface area contributed by atoms with E-state index in [1.807, 2.05) is 42.8 Å². The molecule has 2 aromatic heterocycles. The van der Waals surface area contributed by atoms with Crippen LogP contribution in [0.25, 0.3) is 0 Å². The number of hydrogen-bond acceptors (Lipinski definition) is 6. The Kier molecular flexibility index (Phi) is 6.28. The molecule has 27 heavy (non-hydrogen) atoms. The number of aromatic nitrogens is 4. The van der Waals surface area contributed by atoms with Gasteiger partial charge in [0.2, 0.25) is 5.91 Å². The van der Waals surface area contributed by atoms with Crippen LogP contribution in [0.3, 0.4) is 0 Å². The minimum Gasteiger partial charge on any atom is -0.325 e. The molecule has 0 aliphatic rings. The highest BCUT2D eigenvalue weighted by atomic mass is 32.2. The Hall–Kier alpha value is -2.19. The fraction of sp³-hybridized carbons (Fsp3) is 0.368. The maximum absolute atomic E-state index is 12.7. The number of carbonyl (C=O) groups is 1. The average Bonchev–Trinajstić information content (AvgIpc) is 3.20. The van der Waals surface area contributed by atoms with Crippen LogP contribution < -0.4 is 5.32 Å². The van der Waals surface area contributed by atoms with E-state index < -0.39 is 0 Å². The molecular formula is C19H23N5OS2. The number of benzene rings is 1. The summed E-state index contributed by atoms with van der Waals surface area (Å²) in [5.74, 6) is 0.463. The summed E-state index contributed by atoms with van der Waals surface area (Å²) in [5.41, 5.74) is 5.46. The van der Waals surface area contributed by atoms with E-state index in [1.165, 1.54) is 23.1 Å². The Bertz CT molecular complexity index is 918. The molecule has 1 amide bonds. The van der Waals surface area contributed by atoms with Gasteiger partial charge >= 0.3 is 0 Å². The maximum Gasteiger partial charge on any atom is 0.228 e. The Morgan fingerprint density at radius 3 is 2.78 bits per heavy atom. The smallest absolute Gasteiger partial charge is 0.228 e. The third-order valence-corrected chi connectivity index (χ3v) is 5.96. The number of anilines is 1. The van der Waals surface area contributed by atoms with Gasteiger partial charge in [0.1, 0.15) is 5.51 Å². The summed E-state index contributed by atoms with van der Waals surface area (Å²) in [6.07, 6.45) is 0.313. The second-order valence-corrected chi connectivity index (χ2v) is 8.88. The van der Waals surface area contributed by atoms with Crippen LogP contribution in [0.2, 0.25) is 0 Å². The molecule has 3 rings (SSSR count). The van der Waals surface area contributed by atoms with Crippen molar-refractivity contribution >= 4 is 34.7 Å². The molecule has 0 bridgehead atoms. The van der Waals surface area contributed by atoms with E-state index in [9.17, 15) is 4.79 Å². The molecule has 142 valence electrons. The second-order valence-electron chi connectivity index (χ2n) is 6.75. The van der Waals surface area contributed by atoms with Crippen LogP contribution in [-0.4, -0.2) is 25.9 Å². The van der Waals surface area contributed by atoms with Crippen LogP contribution in [-0.2, 0) is 17.8 Å². The van der Waals surface area contributed by atoms with Gasteiger partial charge in [0.05, 0.1) is 17.8 Å². The van der Waals surface area contributed by atoms with E-state index in [4.69, 9.17) is 0 Å². The second kappa shape index (κ2) is 8.67. The predicted molar refractivity (Wildman–Crippen MR) is 109 cm³/mol. The van der Waals surface area contributed by atoms with Gasteiger partial charge < -0.3 is 5.32 Å². The van der Waals surface area contributed by atoms with Crippen LogP contribution in [0.5, 0.6) is 0 Å². The van der Waals surface area contributed by atoms with E-state index in [0.717, 1.165) is 38.4 Å². The van der Waals surface area contributed by atoms with Crippen molar-refractivity contribution in [1.29, 1.82) is 0 Å². The van der Waals surface area contributed by atoms with E-state index >= 15 is 0 Å². The van der Waals surface area contributed by atoms with Crippen molar-refractivity contribution in [3.63, 3.8) is 0 Å². The van der Waals surface area contributed by atoms with Crippen molar-refractivity contribution < 1.29 is 4.79 Å². The molecule has 0 fully saturated rings.